The van der Waals surface area contributed by atoms with E-state index in [4.69, 9.17) is 4.74 Å². The number of aromatic nitrogens is 1. The molecule has 5 heteroatoms. The Morgan fingerprint density at radius 1 is 1.17 bits per heavy atom. The molecule has 0 atom stereocenters. The summed E-state index contributed by atoms with van der Waals surface area (Å²) >= 11 is 1.47. The normalized spacial score (nSPS) is 10.3. The van der Waals surface area contributed by atoms with E-state index in [1.54, 1.807) is 7.11 Å². The smallest absolute Gasteiger partial charge is 0.120 e. The van der Waals surface area contributed by atoms with Gasteiger partial charge in [0, 0.05) is 17.1 Å². The molecule has 0 saturated carbocycles. The summed E-state index contributed by atoms with van der Waals surface area (Å²) in [5.74, 6) is 0.761. The first kappa shape index (κ1) is 15.2. The van der Waals surface area contributed by atoms with Crippen molar-refractivity contribution in [2.45, 2.75) is 5.03 Å². The van der Waals surface area contributed by atoms with Gasteiger partial charge in [-0.2, -0.15) is 5.26 Å². The summed E-state index contributed by atoms with van der Waals surface area (Å²) < 4.78 is 5.26. The predicted octanol–water partition coefficient (Wildman–Crippen LogP) is 4.58. The lowest BCUT2D eigenvalue weighted by molar-refractivity contribution is 0.415. The molecule has 0 amide bonds. The number of hydrogen-bond donors (Lipinski definition) is 1. The number of rotatable bonds is 4. The number of hydrogen-bond acceptors (Lipinski definition) is 5. The molecule has 0 radical (unpaired) electrons. The van der Waals surface area contributed by atoms with E-state index in [1.807, 2.05) is 54.8 Å². The number of anilines is 2. The molecule has 0 aliphatic carbocycles. The van der Waals surface area contributed by atoms with Crippen LogP contribution in [-0.4, -0.2) is 18.3 Å². The molecular formula is C18H15N3OS. The summed E-state index contributed by atoms with van der Waals surface area (Å²) in [7, 11) is 1.63. The molecule has 3 rings (SSSR count). The second kappa shape index (κ2) is 6.59. The first-order valence-corrected chi connectivity index (χ1v) is 8.27. The van der Waals surface area contributed by atoms with Crippen LogP contribution >= 0.6 is 11.8 Å². The molecule has 3 aromatic rings. The Kier molecular flexibility index (Phi) is 4.35. The minimum atomic E-state index is 0.555. The van der Waals surface area contributed by atoms with Gasteiger partial charge in [0.2, 0.25) is 0 Å². The molecule has 0 aliphatic rings. The van der Waals surface area contributed by atoms with Gasteiger partial charge in [0.05, 0.1) is 18.3 Å². The van der Waals surface area contributed by atoms with Crippen molar-refractivity contribution in [1.82, 2.24) is 4.98 Å². The molecule has 114 valence electrons. The maximum atomic E-state index is 9.60. The Balaban J connectivity index is 2.20. The van der Waals surface area contributed by atoms with E-state index < -0.39 is 0 Å². The lowest BCUT2D eigenvalue weighted by Gasteiger charge is -2.14. The molecule has 0 saturated heterocycles. The van der Waals surface area contributed by atoms with Gasteiger partial charge in [0.15, 0.2) is 0 Å². The molecule has 2 aromatic carbocycles. The van der Waals surface area contributed by atoms with Crippen LogP contribution in [0.4, 0.5) is 11.4 Å². The molecule has 0 spiro atoms. The zero-order valence-corrected chi connectivity index (χ0v) is 13.6. The Hall–Kier alpha value is -2.71. The molecule has 1 aromatic heterocycles. The van der Waals surface area contributed by atoms with Crippen LogP contribution in [0.25, 0.3) is 10.9 Å². The average Bonchev–Trinajstić information content (AvgIpc) is 2.61. The standard InChI is InChI=1S/C18H15N3OS/c1-22-13-7-5-6-12(10-13)20-17-14-8-3-4-9-16(14)21-18(23-2)15(17)11-19/h3-10H,1-2H3,(H,20,21). The number of methoxy groups -OCH3 is 1. The van der Waals surface area contributed by atoms with Crippen LogP contribution in [-0.2, 0) is 0 Å². The minimum Gasteiger partial charge on any atom is -0.497 e. The number of para-hydroxylation sites is 1. The first-order chi connectivity index (χ1) is 11.3. The van der Waals surface area contributed by atoms with Crippen LogP contribution in [0.15, 0.2) is 53.6 Å². The van der Waals surface area contributed by atoms with Crippen LogP contribution < -0.4 is 10.1 Å². The Morgan fingerprint density at radius 2 is 2.00 bits per heavy atom. The van der Waals surface area contributed by atoms with Crippen LogP contribution in [0.5, 0.6) is 5.75 Å². The van der Waals surface area contributed by atoms with Crippen molar-refractivity contribution < 1.29 is 4.74 Å². The van der Waals surface area contributed by atoms with Crippen LogP contribution in [0.2, 0.25) is 0 Å². The van der Waals surface area contributed by atoms with E-state index in [0.29, 0.717) is 5.56 Å². The molecule has 1 heterocycles. The first-order valence-electron chi connectivity index (χ1n) is 7.04. The highest BCUT2D eigenvalue weighted by atomic mass is 32.2. The predicted molar refractivity (Wildman–Crippen MR) is 94.5 cm³/mol. The van der Waals surface area contributed by atoms with Crippen molar-refractivity contribution in [1.29, 1.82) is 5.26 Å². The van der Waals surface area contributed by atoms with E-state index in [-0.39, 0.29) is 0 Å². The van der Waals surface area contributed by atoms with Gasteiger partial charge in [-0.05, 0) is 24.5 Å². The topological polar surface area (TPSA) is 57.9 Å². The summed E-state index contributed by atoms with van der Waals surface area (Å²) in [6.45, 7) is 0. The number of nitriles is 1. The number of nitrogens with one attached hydrogen (secondary N) is 1. The third kappa shape index (κ3) is 2.94. The van der Waals surface area contributed by atoms with Crippen molar-refractivity contribution in [3.8, 4) is 11.8 Å². The zero-order valence-electron chi connectivity index (χ0n) is 12.8. The van der Waals surface area contributed by atoms with Gasteiger partial charge in [-0.15, -0.1) is 11.8 Å². The lowest BCUT2D eigenvalue weighted by Crippen LogP contribution is -1.99. The quantitative estimate of drug-likeness (QED) is 0.713. The van der Waals surface area contributed by atoms with Crippen molar-refractivity contribution >= 4 is 34.0 Å². The highest BCUT2D eigenvalue weighted by Gasteiger charge is 2.14. The number of pyridine rings is 1. The van der Waals surface area contributed by atoms with Gasteiger partial charge in [0.1, 0.15) is 22.4 Å². The third-order valence-electron chi connectivity index (χ3n) is 3.50. The fourth-order valence-corrected chi connectivity index (χ4v) is 2.96. The van der Waals surface area contributed by atoms with E-state index in [9.17, 15) is 5.26 Å². The molecular weight excluding hydrogens is 306 g/mol. The van der Waals surface area contributed by atoms with Crippen molar-refractivity contribution in [2.75, 3.05) is 18.7 Å². The molecule has 23 heavy (non-hydrogen) atoms. The van der Waals surface area contributed by atoms with Crippen molar-refractivity contribution in [2.24, 2.45) is 0 Å². The van der Waals surface area contributed by atoms with Gasteiger partial charge >= 0.3 is 0 Å². The van der Waals surface area contributed by atoms with E-state index in [0.717, 1.165) is 33.1 Å². The minimum absolute atomic E-state index is 0.555. The maximum absolute atomic E-state index is 9.60. The van der Waals surface area contributed by atoms with Gasteiger partial charge in [0.25, 0.3) is 0 Å². The Labute approximate surface area is 139 Å². The Morgan fingerprint density at radius 3 is 2.74 bits per heavy atom. The summed E-state index contributed by atoms with van der Waals surface area (Å²) in [4.78, 5) is 4.58. The monoisotopic (exact) mass is 321 g/mol. The van der Waals surface area contributed by atoms with E-state index >= 15 is 0 Å². The highest BCUT2D eigenvalue weighted by molar-refractivity contribution is 7.98. The molecule has 0 unspecified atom stereocenters. The maximum Gasteiger partial charge on any atom is 0.120 e. The molecule has 0 fully saturated rings. The molecule has 0 aliphatic heterocycles. The van der Waals surface area contributed by atoms with Crippen molar-refractivity contribution in [3.05, 3.63) is 54.1 Å². The van der Waals surface area contributed by atoms with Crippen LogP contribution in [0, 0.1) is 11.3 Å². The van der Waals surface area contributed by atoms with Crippen molar-refractivity contribution in [3.63, 3.8) is 0 Å². The SMILES string of the molecule is COc1cccc(Nc2c(C#N)c(SC)nc3ccccc23)c1. The summed E-state index contributed by atoms with van der Waals surface area (Å²) in [6, 6.07) is 17.7. The molecule has 1 N–H and O–H groups in total. The number of ether oxygens (including phenoxy) is 1. The third-order valence-corrected chi connectivity index (χ3v) is 4.19. The van der Waals surface area contributed by atoms with Gasteiger partial charge in [-0.25, -0.2) is 4.98 Å². The number of fused-ring (bicyclic) bond motifs is 1. The van der Waals surface area contributed by atoms with E-state index in [1.165, 1.54) is 11.8 Å². The molecule has 0 bridgehead atoms. The lowest BCUT2D eigenvalue weighted by atomic mass is 10.1. The largest absolute Gasteiger partial charge is 0.497 e. The van der Waals surface area contributed by atoms with Gasteiger partial charge in [-0.3, -0.25) is 0 Å². The summed E-state index contributed by atoms with van der Waals surface area (Å²) in [6.07, 6.45) is 1.92. The highest BCUT2D eigenvalue weighted by Crippen LogP contribution is 2.34. The second-order valence-electron chi connectivity index (χ2n) is 4.86. The number of nitrogens with zero attached hydrogens (tertiary/aromatic N) is 2. The summed E-state index contributed by atoms with van der Waals surface area (Å²) in [5, 5.41) is 14.6. The van der Waals surface area contributed by atoms with Gasteiger partial charge < -0.3 is 10.1 Å². The summed E-state index contributed by atoms with van der Waals surface area (Å²) in [5.41, 5.74) is 3.06. The Bertz CT molecular complexity index is 902. The molecule has 4 nitrogen and oxygen atoms in total. The fraction of sp³-hybridized carbons (Fsp3) is 0.111. The van der Waals surface area contributed by atoms with Crippen LogP contribution in [0.3, 0.4) is 0 Å². The van der Waals surface area contributed by atoms with Gasteiger partial charge in [-0.1, -0.05) is 24.3 Å². The number of benzene rings is 2. The number of thioether (sulfide) groups is 1. The zero-order chi connectivity index (χ0) is 16.2. The fourth-order valence-electron chi connectivity index (χ4n) is 2.42. The second-order valence-corrected chi connectivity index (χ2v) is 5.65. The average molecular weight is 321 g/mol. The van der Waals surface area contributed by atoms with E-state index in [2.05, 4.69) is 16.4 Å². The van der Waals surface area contributed by atoms with Crippen LogP contribution in [0.1, 0.15) is 5.56 Å².